The summed E-state index contributed by atoms with van der Waals surface area (Å²) in [6.45, 7) is 2.01. The number of carboxylic acid groups (broad SMARTS) is 1. The molecule has 0 aliphatic heterocycles. The van der Waals surface area contributed by atoms with E-state index in [-0.39, 0.29) is 24.0 Å². The van der Waals surface area contributed by atoms with E-state index in [0.717, 1.165) is 31.2 Å². The largest absolute Gasteiger partial charge is 0.481 e. The molecule has 2 amide bonds. The van der Waals surface area contributed by atoms with E-state index in [0.29, 0.717) is 12.8 Å². The number of aryl methyl sites for hydroxylation is 2. The Morgan fingerprint density at radius 1 is 1.08 bits per heavy atom. The van der Waals surface area contributed by atoms with Gasteiger partial charge in [0.2, 0.25) is 0 Å². The maximum atomic E-state index is 12.3. The summed E-state index contributed by atoms with van der Waals surface area (Å²) in [7, 11) is 0. The average molecular weight is 344 g/mol. The van der Waals surface area contributed by atoms with Gasteiger partial charge in [0, 0.05) is 6.04 Å². The van der Waals surface area contributed by atoms with Gasteiger partial charge in [0.1, 0.15) is 0 Å². The third-order valence-corrected chi connectivity index (χ3v) is 5.63. The Morgan fingerprint density at radius 2 is 1.76 bits per heavy atom. The molecule has 1 fully saturated rings. The third kappa shape index (κ3) is 4.53. The predicted octanol–water partition coefficient (Wildman–Crippen LogP) is 3.57. The van der Waals surface area contributed by atoms with Gasteiger partial charge < -0.3 is 15.7 Å². The van der Waals surface area contributed by atoms with Crippen LogP contribution in [0.1, 0.15) is 68.2 Å². The Balaban J connectivity index is 1.50. The van der Waals surface area contributed by atoms with Gasteiger partial charge in [0.15, 0.2) is 0 Å². The van der Waals surface area contributed by atoms with Gasteiger partial charge in [0.25, 0.3) is 0 Å². The standard InChI is InChI=1S/C20H28N2O3/c1-13(16-7-6-14-4-2-3-5-17(14)12-16)21-20(25)22-18-10-8-15(9-11-18)19(23)24/h6-7,12-13,15,18H,2-5,8-11H2,1H3,(H,23,24)(H2,21,22,25). The van der Waals surface area contributed by atoms with Crippen LogP contribution in [0.15, 0.2) is 18.2 Å². The number of benzene rings is 1. The van der Waals surface area contributed by atoms with Crippen molar-refractivity contribution in [2.24, 2.45) is 5.92 Å². The first kappa shape index (κ1) is 17.8. The molecule has 25 heavy (non-hydrogen) atoms. The lowest BCUT2D eigenvalue weighted by atomic mass is 9.86. The highest BCUT2D eigenvalue weighted by molar-refractivity contribution is 5.75. The first-order valence-electron chi connectivity index (χ1n) is 9.44. The lowest BCUT2D eigenvalue weighted by Crippen LogP contribution is -2.44. The van der Waals surface area contributed by atoms with Crippen molar-refractivity contribution in [1.29, 1.82) is 0 Å². The lowest BCUT2D eigenvalue weighted by molar-refractivity contribution is -0.142. The Kier molecular flexibility index (Phi) is 5.61. The SMILES string of the molecule is CC(NC(=O)NC1CCC(C(=O)O)CC1)c1ccc2c(c1)CCCC2. The fraction of sp³-hybridized carbons (Fsp3) is 0.600. The monoisotopic (exact) mass is 344 g/mol. The molecule has 2 aliphatic rings. The van der Waals surface area contributed by atoms with E-state index in [1.807, 2.05) is 6.92 Å². The first-order chi connectivity index (χ1) is 12.0. The molecule has 1 unspecified atom stereocenters. The second-order valence-corrected chi connectivity index (χ2v) is 7.46. The number of hydrogen-bond acceptors (Lipinski definition) is 2. The van der Waals surface area contributed by atoms with Crippen molar-refractivity contribution in [2.45, 2.75) is 70.4 Å². The van der Waals surface area contributed by atoms with Crippen molar-refractivity contribution in [1.82, 2.24) is 10.6 Å². The molecule has 0 heterocycles. The van der Waals surface area contributed by atoms with Crippen LogP contribution in [0, 0.1) is 5.92 Å². The predicted molar refractivity (Wildman–Crippen MR) is 96.5 cm³/mol. The van der Waals surface area contributed by atoms with Crippen molar-refractivity contribution in [3.8, 4) is 0 Å². The van der Waals surface area contributed by atoms with Gasteiger partial charge in [0.05, 0.1) is 12.0 Å². The van der Waals surface area contributed by atoms with E-state index in [2.05, 4.69) is 28.8 Å². The second-order valence-electron chi connectivity index (χ2n) is 7.46. The Bertz CT molecular complexity index is 636. The molecule has 0 saturated heterocycles. The van der Waals surface area contributed by atoms with E-state index >= 15 is 0 Å². The summed E-state index contributed by atoms with van der Waals surface area (Å²) in [6, 6.07) is 6.43. The minimum Gasteiger partial charge on any atom is -0.481 e. The molecule has 2 aliphatic carbocycles. The van der Waals surface area contributed by atoms with Crippen LogP contribution in [0.5, 0.6) is 0 Å². The third-order valence-electron chi connectivity index (χ3n) is 5.63. The van der Waals surface area contributed by atoms with Gasteiger partial charge in [-0.3, -0.25) is 4.79 Å². The number of amides is 2. The number of carbonyl (C=O) groups excluding carboxylic acids is 1. The maximum absolute atomic E-state index is 12.3. The number of carbonyl (C=O) groups is 2. The number of urea groups is 1. The Hall–Kier alpha value is -2.04. The zero-order valence-electron chi connectivity index (χ0n) is 14.9. The van der Waals surface area contributed by atoms with E-state index in [1.54, 1.807) is 0 Å². The highest BCUT2D eigenvalue weighted by atomic mass is 16.4. The molecule has 1 atom stereocenters. The molecule has 0 radical (unpaired) electrons. The minimum absolute atomic E-state index is 0.0393. The van der Waals surface area contributed by atoms with Crippen LogP contribution < -0.4 is 10.6 Å². The van der Waals surface area contributed by atoms with Crippen molar-refractivity contribution in [3.05, 3.63) is 34.9 Å². The van der Waals surface area contributed by atoms with Crippen LogP contribution in [-0.2, 0) is 17.6 Å². The summed E-state index contributed by atoms with van der Waals surface area (Å²) in [5.74, 6) is -0.973. The van der Waals surface area contributed by atoms with Gasteiger partial charge >= 0.3 is 12.0 Å². The molecular weight excluding hydrogens is 316 g/mol. The number of carboxylic acids is 1. The fourth-order valence-electron chi connectivity index (χ4n) is 4.01. The zero-order chi connectivity index (χ0) is 17.8. The van der Waals surface area contributed by atoms with Gasteiger partial charge in [-0.1, -0.05) is 18.2 Å². The Morgan fingerprint density at radius 3 is 2.44 bits per heavy atom. The number of rotatable bonds is 4. The topological polar surface area (TPSA) is 78.4 Å². The van der Waals surface area contributed by atoms with Gasteiger partial charge in [-0.15, -0.1) is 0 Å². The van der Waals surface area contributed by atoms with Gasteiger partial charge in [-0.25, -0.2) is 4.79 Å². The summed E-state index contributed by atoms with van der Waals surface area (Å²) in [4.78, 5) is 23.2. The molecule has 1 aromatic carbocycles. The maximum Gasteiger partial charge on any atom is 0.315 e. The van der Waals surface area contributed by atoms with Gasteiger partial charge in [-0.2, -0.15) is 0 Å². The molecule has 1 aromatic rings. The normalized spacial score (nSPS) is 24.0. The molecule has 0 bridgehead atoms. The first-order valence-corrected chi connectivity index (χ1v) is 9.44. The molecule has 5 heteroatoms. The van der Waals surface area contributed by atoms with Crippen LogP contribution >= 0.6 is 0 Å². The van der Waals surface area contributed by atoms with Crippen LogP contribution in [-0.4, -0.2) is 23.1 Å². The molecule has 3 N–H and O–H groups in total. The smallest absolute Gasteiger partial charge is 0.315 e. The number of aliphatic carboxylic acids is 1. The van der Waals surface area contributed by atoms with Crippen LogP contribution in [0.4, 0.5) is 4.79 Å². The van der Waals surface area contributed by atoms with Crippen LogP contribution in [0.3, 0.4) is 0 Å². The van der Waals surface area contributed by atoms with E-state index in [1.165, 1.54) is 24.0 Å². The molecule has 5 nitrogen and oxygen atoms in total. The lowest BCUT2D eigenvalue weighted by Gasteiger charge is -2.27. The molecule has 0 spiro atoms. The molecule has 3 rings (SSSR count). The highest BCUT2D eigenvalue weighted by Crippen LogP contribution is 2.26. The summed E-state index contributed by atoms with van der Waals surface area (Å²) >= 11 is 0. The molecule has 1 saturated carbocycles. The minimum atomic E-state index is -0.719. The number of fused-ring (bicyclic) bond motifs is 1. The van der Waals surface area contributed by atoms with E-state index < -0.39 is 5.97 Å². The zero-order valence-corrected chi connectivity index (χ0v) is 14.9. The molecule has 136 valence electrons. The molecular formula is C20H28N2O3. The van der Waals surface area contributed by atoms with Crippen molar-refractivity contribution in [2.75, 3.05) is 0 Å². The summed E-state index contributed by atoms with van der Waals surface area (Å²) in [6.07, 6.45) is 7.56. The Labute approximate surface area is 149 Å². The van der Waals surface area contributed by atoms with Crippen molar-refractivity contribution < 1.29 is 14.7 Å². The number of nitrogens with one attached hydrogen (secondary N) is 2. The fourth-order valence-corrected chi connectivity index (χ4v) is 4.01. The summed E-state index contributed by atoms with van der Waals surface area (Å²) in [5.41, 5.74) is 4.01. The quantitative estimate of drug-likeness (QED) is 0.781. The van der Waals surface area contributed by atoms with Crippen LogP contribution in [0.25, 0.3) is 0 Å². The average Bonchev–Trinajstić information content (AvgIpc) is 2.61. The van der Waals surface area contributed by atoms with Gasteiger partial charge in [-0.05, 0) is 75.0 Å². The van der Waals surface area contributed by atoms with Crippen molar-refractivity contribution >= 4 is 12.0 Å². The second kappa shape index (κ2) is 7.89. The van der Waals surface area contributed by atoms with Crippen LogP contribution in [0.2, 0.25) is 0 Å². The van der Waals surface area contributed by atoms with E-state index in [4.69, 9.17) is 5.11 Å². The van der Waals surface area contributed by atoms with Crippen molar-refractivity contribution in [3.63, 3.8) is 0 Å². The number of hydrogen-bond donors (Lipinski definition) is 3. The summed E-state index contributed by atoms with van der Waals surface area (Å²) < 4.78 is 0. The van der Waals surface area contributed by atoms with E-state index in [9.17, 15) is 9.59 Å². The summed E-state index contributed by atoms with van der Waals surface area (Å²) in [5, 5.41) is 15.1. The molecule has 0 aromatic heterocycles. The highest BCUT2D eigenvalue weighted by Gasteiger charge is 2.27.